The lowest BCUT2D eigenvalue weighted by molar-refractivity contribution is 1.74. The van der Waals surface area contributed by atoms with Gasteiger partial charge in [-0.2, -0.15) is 0 Å². The molecule has 0 aliphatic carbocycles. The first-order valence-corrected chi connectivity index (χ1v) is 2.71. The fourth-order valence-corrected chi connectivity index (χ4v) is 0.567. The number of hydrogen-bond donors (Lipinski definition) is 0. The standard InChI is InChI=1S/C3H3Cl2P/c4-3(5)1-2-6/h3H,6H2. The van der Waals surface area contributed by atoms with Crippen LogP contribution in [0.3, 0.4) is 0 Å². The van der Waals surface area contributed by atoms with Crippen LogP contribution in [0.4, 0.5) is 0 Å². The van der Waals surface area contributed by atoms with Crippen LogP contribution >= 0.6 is 32.4 Å². The maximum Gasteiger partial charge on any atom is 0.168 e. The second kappa shape index (κ2) is 3.75. The summed E-state index contributed by atoms with van der Waals surface area (Å²) < 4.78 is 0. The Hall–Kier alpha value is 0.570. The summed E-state index contributed by atoms with van der Waals surface area (Å²) in [5.74, 6) is 2.45. The molecule has 0 aliphatic heterocycles. The minimum absolute atomic E-state index is 0.539. The molecule has 0 N–H and O–H groups in total. The summed E-state index contributed by atoms with van der Waals surface area (Å²) in [4.78, 5) is -0.539. The molecule has 1 unspecified atom stereocenters. The number of halogens is 2. The van der Waals surface area contributed by atoms with E-state index in [0.717, 1.165) is 0 Å². The monoisotopic (exact) mass is 140 g/mol. The molecule has 3 heteroatoms. The van der Waals surface area contributed by atoms with Gasteiger partial charge in [0.25, 0.3) is 0 Å². The van der Waals surface area contributed by atoms with Gasteiger partial charge in [0, 0.05) is 0 Å². The summed E-state index contributed by atoms with van der Waals surface area (Å²) in [6.45, 7) is 0. The molecule has 6 heavy (non-hydrogen) atoms. The van der Waals surface area contributed by atoms with Crippen LogP contribution in [0.5, 0.6) is 0 Å². The van der Waals surface area contributed by atoms with Crippen molar-refractivity contribution in [2.45, 2.75) is 4.84 Å². The molecule has 0 rings (SSSR count). The molecule has 34 valence electrons. The molecular formula is C3H3Cl2P. The van der Waals surface area contributed by atoms with Crippen molar-refractivity contribution in [1.29, 1.82) is 0 Å². The van der Waals surface area contributed by atoms with E-state index in [1.165, 1.54) is 0 Å². The van der Waals surface area contributed by atoms with Crippen LogP contribution in [-0.2, 0) is 0 Å². The van der Waals surface area contributed by atoms with E-state index in [1.807, 2.05) is 0 Å². The normalized spacial score (nSPS) is 7.33. The Labute approximate surface area is 49.4 Å². The molecule has 0 saturated carbocycles. The van der Waals surface area contributed by atoms with E-state index in [9.17, 15) is 0 Å². The Balaban J connectivity index is 3.20. The largest absolute Gasteiger partial charge is 0.168 e. The van der Waals surface area contributed by atoms with Crippen molar-refractivity contribution in [2.75, 3.05) is 0 Å². The van der Waals surface area contributed by atoms with E-state index in [-0.39, 0.29) is 0 Å². The highest BCUT2D eigenvalue weighted by atomic mass is 35.5. The zero-order chi connectivity index (χ0) is 4.99. The maximum absolute atomic E-state index is 5.16. The van der Waals surface area contributed by atoms with Gasteiger partial charge in [0.05, 0.1) is 0 Å². The van der Waals surface area contributed by atoms with E-state index >= 15 is 0 Å². The Kier molecular flexibility index (Phi) is 4.11. The third kappa shape index (κ3) is 4.57. The molecule has 1 atom stereocenters. The third-order valence-corrected chi connectivity index (χ3v) is 0.577. The highest BCUT2D eigenvalue weighted by Crippen LogP contribution is 1.97. The minimum atomic E-state index is -0.539. The fourth-order valence-electron chi connectivity index (χ4n) is 0.0630. The van der Waals surface area contributed by atoms with E-state index in [2.05, 4.69) is 20.8 Å². The van der Waals surface area contributed by atoms with E-state index in [0.29, 0.717) is 0 Å². The van der Waals surface area contributed by atoms with Gasteiger partial charge in [-0.15, -0.1) is 0 Å². The average Bonchev–Trinajstić information content (AvgIpc) is 1.35. The van der Waals surface area contributed by atoms with Crippen molar-refractivity contribution in [3.05, 3.63) is 0 Å². The molecule has 0 fully saturated rings. The van der Waals surface area contributed by atoms with Crippen molar-refractivity contribution >= 4 is 32.4 Å². The Morgan fingerprint density at radius 3 is 2.00 bits per heavy atom. The highest BCUT2D eigenvalue weighted by Gasteiger charge is 1.82. The maximum atomic E-state index is 5.16. The van der Waals surface area contributed by atoms with Gasteiger partial charge in [-0.3, -0.25) is 0 Å². The summed E-state index contributed by atoms with van der Waals surface area (Å²) in [6.07, 6.45) is 0. The van der Waals surface area contributed by atoms with Crippen LogP contribution < -0.4 is 0 Å². The van der Waals surface area contributed by atoms with Crippen molar-refractivity contribution in [3.8, 4) is 11.6 Å². The second-order valence-electron chi connectivity index (χ2n) is 0.589. The topological polar surface area (TPSA) is 0 Å². The summed E-state index contributed by atoms with van der Waals surface area (Å²) in [5.41, 5.74) is 2.47. The summed E-state index contributed by atoms with van der Waals surface area (Å²) >= 11 is 10.3. The van der Waals surface area contributed by atoms with Crippen molar-refractivity contribution in [2.24, 2.45) is 0 Å². The zero-order valence-electron chi connectivity index (χ0n) is 2.91. The van der Waals surface area contributed by atoms with Gasteiger partial charge in [0.15, 0.2) is 4.84 Å². The molecule has 0 bridgehead atoms. The molecule has 0 spiro atoms. The molecule has 0 heterocycles. The van der Waals surface area contributed by atoms with Crippen LogP contribution in [0.25, 0.3) is 0 Å². The quantitative estimate of drug-likeness (QED) is 0.273. The first-order chi connectivity index (χ1) is 2.77. The van der Waals surface area contributed by atoms with Crippen LogP contribution in [0.2, 0.25) is 0 Å². The van der Waals surface area contributed by atoms with Crippen LogP contribution in [0, 0.1) is 11.6 Å². The van der Waals surface area contributed by atoms with Gasteiger partial charge in [-0.1, -0.05) is 44.0 Å². The molecule has 0 aromatic rings. The van der Waals surface area contributed by atoms with E-state index < -0.39 is 4.84 Å². The molecule has 0 nitrogen and oxygen atoms in total. The van der Waals surface area contributed by atoms with Crippen molar-refractivity contribution in [3.63, 3.8) is 0 Å². The first kappa shape index (κ1) is 6.57. The molecular weight excluding hydrogens is 138 g/mol. The number of hydrogen-bond acceptors (Lipinski definition) is 0. The minimum Gasteiger partial charge on any atom is -0.0909 e. The Morgan fingerprint density at radius 1 is 1.50 bits per heavy atom. The fraction of sp³-hybridized carbons (Fsp3) is 0.333. The highest BCUT2D eigenvalue weighted by molar-refractivity contribution is 7.23. The van der Waals surface area contributed by atoms with Gasteiger partial charge in [0.1, 0.15) is 0 Å². The lowest BCUT2D eigenvalue weighted by Gasteiger charge is -1.75. The number of rotatable bonds is 0. The van der Waals surface area contributed by atoms with E-state index in [4.69, 9.17) is 23.2 Å². The Bertz CT molecular complexity index is 78.5. The molecule has 0 aliphatic rings. The van der Waals surface area contributed by atoms with Gasteiger partial charge >= 0.3 is 0 Å². The van der Waals surface area contributed by atoms with Gasteiger partial charge in [-0.25, -0.2) is 0 Å². The predicted octanol–water partition coefficient (Wildman–Crippen LogP) is 1.63. The lowest BCUT2D eigenvalue weighted by atomic mass is 10.8. The van der Waals surface area contributed by atoms with Crippen LogP contribution in [0.15, 0.2) is 0 Å². The molecule has 0 saturated heterocycles. The van der Waals surface area contributed by atoms with Gasteiger partial charge < -0.3 is 0 Å². The van der Waals surface area contributed by atoms with Gasteiger partial charge in [-0.05, 0) is 0 Å². The molecule has 0 aromatic heterocycles. The third-order valence-electron chi connectivity index (χ3n) is 0.192. The Morgan fingerprint density at radius 2 is 2.00 bits per heavy atom. The van der Waals surface area contributed by atoms with Crippen molar-refractivity contribution in [1.82, 2.24) is 0 Å². The lowest BCUT2D eigenvalue weighted by Crippen LogP contribution is -1.72. The summed E-state index contributed by atoms with van der Waals surface area (Å²) in [5, 5.41) is 0. The predicted molar refractivity (Wildman–Crippen MR) is 33.0 cm³/mol. The zero-order valence-corrected chi connectivity index (χ0v) is 5.58. The summed E-state index contributed by atoms with van der Waals surface area (Å²) in [6, 6.07) is 0. The number of alkyl halides is 2. The second-order valence-corrected chi connectivity index (χ2v) is 1.97. The smallest absolute Gasteiger partial charge is 0.0909 e. The average molecular weight is 141 g/mol. The van der Waals surface area contributed by atoms with E-state index in [1.54, 1.807) is 0 Å². The summed E-state index contributed by atoms with van der Waals surface area (Å²) in [7, 11) is 2.19. The molecule has 0 radical (unpaired) electrons. The SMILES string of the molecule is PC#CC(Cl)Cl. The van der Waals surface area contributed by atoms with Crippen LogP contribution in [-0.4, -0.2) is 4.84 Å². The van der Waals surface area contributed by atoms with Crippen LogP contribution in [0.1, 0.15) is 0 Å². The van der Waals surface area contributed by atoms with Crippen molar-refractivity contribution < 1.29 is 0 Å². The first-order valence-electron chi connectivity index (χ1n) is 1.26. The van der Waals surface area contributed by atoms with Gasteiger partial charge in [0.2, 0.25) is 0 Å². The molecule has 0 aromatic carbocycles. The molecule has 0 amide bonds.